The minimum atomic E-state index is 0.125. The van der Waals surface area contributed by atoms with E-state index >= 15 is 0 Å². The molecule has 0 amide bonds. The van der Waals surface area contributed by atoms with Crippen molar-refractivity contribution in [2.45, 2.75) is 6.92 Å². The fourth-order valence-corrected chi connectivity index (χ4v) is 2.14. The van der Waals surface area contributed by atoms with E-state index < -0.39 is 0 Å². The molecule has 2 N–H and O–H groups in total. The predicted octanol–water partition coefficient (Wildman–Crippen LogP) is 3.67. The first-order valence-electron chi connectivity index (χ1n) is 6.66. The number of hydrogen-bond donors (Lipinski definition) is 2. The maximum absolute atomic E-state index is 5.63. The van der Waals surface area contributed by atoms with E-state index in [4.69, 9.17) is 9.47 Å². The second-order valence-corrected chi connectivity index (χ2v) is 4.67. The van der Waals surface area contributed by atoms with Crippen molar-refractivity contribution in [3.63, 3.8) is 0 Å². The molecule has 2 aromatic carbocycles. The number of rotatable bonds is 5. The van der Waals surface area contributed by atoms with Gasteiger partial charge in [-0.3, -0.25) is 10.9 Å². The summed E-state index contributed by atoms with van der Waals surface area (Å²) in [5.74, 6) is 0.718. The molecule has 0 bridgehead atoms. The zero-order valence-electron chi connectivity index (χ0n) is 11.8. The van der Waals surface area contributed by atoms with Crippen molar-refractivity contribution in [3.8, 4) is 5.75 Å². The number of para-hydroxylation sites is 2. The average Bonchev–Trinajstić information content (AvgIpc) is 2.92. The third-order valence-electron chi connectivity index (χ3n) is 3.15. The van der Waals surface area contributed by atoms with Gasteiger partial charge in [-0.1, -0.05) is 24.8 Å². The molecule has 0 radical (unpaired) electrons. The van der Waals surface area contributed by atoms with Crippen LogP contribution in [0.25, 0.3) is 0 Å². The first kappa shape index (κ1) is 13.2. The minimum Gasteiger partial charge on any atom is -0.466 e. The summed E-state index contributed by atoms with van der Waals surface area (Å²) in [6, 6.07) is 14.0. The number of ether oxygens (including phenoxy) is 2. The first-order valence-corrected chi connectivity index (χ1v) is 6.66. The molecular weight excluding hydrogens is 266 g/mol. The van der Waals surface area contributed by atoms with Gasteiger partial charge < -0.3 is 9.47 Å². The van der Waals surface area contributed by atoms with Gasteiger partial charge >= 0.3 is 0 Å². The fraction of sp³-hybridized carbons (Fsp3) is 0.125. The van der Waals surface area contributed by atoms with Crippen LogP contribution in [0.15, 0.2) is 55.3 Å². The Balaban J connectivity index is 1.85. The molecule has 21 heavy (non-hydrogen) atoms. The Morgan fingerprint density at radius 3 is 2.52 bits per heavy atom. The van der Waals surface area contributed by atoms with Crippen molar-refractivity contribution in [3.05, 3.63) is 60.9 Å². The topological polar surface area (TPSA) is 45.8 Å². The molecule has 0 atom stereocenters. The molecule has 0 fully saturated rings. The highest BCUT2D eigenvalue weighted by Crippen LogP contribution is 2.35. The van der Waals surface area contributed by atoms with E-state index in [0.29, 0.717) is 0 Å². The number of anilines is 3. The van der Waals surface area contributed by atoms with Crippen LogP contribution < -0.4 is 20.7 Å². The molecule has 0 unspecified atom stereocenters. The lowest BCUT2D eigenvalue weighted by Crippen LogP contribution is -2.30. The summed E-state index contributed by atoms with van der Waals surface area (Å²) < 4.78 is 10.7. The summed E-state index contributed by atoms with van der Waals surface area (Å²) in [7, 11) is 0. The van der Waals surface area contributed by atoms with Gasteiger partial charge in [-0.15, -0.1) is 0 Å². The fourth-order valence-electron chi connectivity index (χ4n) is 2.14. The van der Waals surface area contributed by atoms with Crippen LogP contribution in [0.2, 0.25) is 0 Å². The Morgan fingerprint density at radius 1 is 1.14 bits per heavy atom. The quantitative estimate of drug-likeness (QED) is 0.498. The van der Waals surface area contributed by atoms with Crippen LogP contribution in [0.1, 0.15) is 5.56 Å². The average molecular weight is 283 g/mol. The number of hydrogen-bond acceptors (Lipinski definition) is 5. The Hall–Kier alpha value is -2.82. The third kappa shape index (κ3) is 2.72. The number of fused-ring (bicyclic) bond motifs is 1. The molecule has 2 aromatic rings. The SMILES string of the molecule is C=COCOc1ccc(C)cc1N1Nc2ccccc2N1. The van der Waals surface area contributed by atoms with Crippen molar-refractivity contribution in [2.24, 2.45) is 0 Å². The summed E-state index contributed by atoms with van der Waals surface area (Å²) >= 11 is 0. The van der Waals surface area contributed by atoms with Crippen molar-refractivity contribution in [2.75, 3.05) is 22.8 Å². The molecule has 3 rings (SSSR count). The van der Waals surface area contributed by atoms with Gasteiger partial charge in [-0.25, -0.2) is 0 Å². The number of nitrogens with one attached hydrogen (secondary N) is 2. The molecule has 1 heterocycles. The Labute approximate surface area is 123 Å². The minimum absolute atomic E-state index is 0.125. The Morgan fingerprint density at radius 2 is 1.86 bits per heavy atom. The summed E-state index contributed by atoms with van der Waals surface area (Å²) in [5.41, 5.74) is 10.6. The van der Waals surface area contributed by atoms with Crippen molar-refractivity contribution in [1.29, 1.82) is 0 Å². The van der Waals surface area contributed by atoms with Crippen LogP contribution in [0, 0.1) is 6.92 Å². The Kier molecular flexibility index (Phi) is 3.55. The largest absolute Gasteiger partial charge is 0.466 e. The van der Waals surface area contributed by atoms with E-state index in [1.165, 1.54) is 6.26 Å². The van der Waals surface area contributed by atoms with Crippen LogP contribution in [0.5, 0.6) is 5.75 Å². The van der Waals surface area contributed by atoms with Gasteiger partial charge in [-0.2, -0.15) is 5.12 Å². The normalized spacial score (nSPS) is 12.1. The lowest BCUT2D eigenvalue weighted by atomic mass is 10.2. The number of hydrazine groups is 2. The van der Waals surface area contributed by atoms with Gasteiger partial charge in [0.25, 0.3) is 0 Å². The van der Waals surface area contributed by atoms with Gasteiger partial charge in [-0.05, 0) is 36.8 Å². The second kappa shape index (κ2) is 5.66. The van der Waals surface area contributed by atoms with Crippen LogP contribution in [0.3, 0.4) is 0 Å². The van der Waals surface area contributed by atoms with Gasteiger partial charge in [0.15, 0.2) is 5.75 Å². The van der Waals surface area contributed by atoms with E-state index in [1.54, 1.807) is 0 Å². The summed E-state index contributed by atoms with van der Waals surface area (Å²) in [6.45, 7) is 5.66. The highest BCUT2D eigenvalue weighted by atomic mass is 16.7. The molecule has 1 aliphatic heterocycles. The molecule has 108 valence electrons. The smallest absolute Gasteiger partial charge is 0.230 e. The van der Waals surface area contributed by atoms with Gasteiger partial charge in [0, 0.05) is 0 Å². The number of aryl methyl sites for hydroxylation is 1. The monoisotopic (exact) mass is 283 g/mol. The summed E-state index contributed by atoms with van der Waals surface area (Å²) in [4.78, 5) is 0. The number of nitrogens with zero attached hydrogens (tertiary/aromatic N) is 1. The molecule has 5 heteroatoms. The molecule has 0 aliphatic carbocycles. The molecule has 0 spiro atoms. The zero-order chi connectivity index (χ0) is 14.7. The predicted molar refractivity (Wildman–Crippen MR) is 84.1 cm³/mol. The highest BCUT2D eigenvalue weighted by Gasteiger charge is 2.20. The second-order valence-electron chi connectivity index (χ2n) is 4.67. The molecule has 0 aromatic heterocycles. The van der Waals surface area contributed by atoms with Crippen LogP contribution in [-0.4, -0.2) is 6.79 Å². The van der Waals surface area contributed by atoms with E-state index in [2.05, 4.69) is 17.4 Å². The molecule has 1 aliphatic rings. The van der Waals surface area contributed by atoms with Crippen molar-refractivity contribution in [1.82, 2.24) is 0 Å². The lowest BCUT2D eigenvalue weighted by Gasteiger charge is -2.22. The zero-order valence-corrected chi connectivity index (χ0v) is 11.8. The lowest BCUT2D eigenvalue weighted by molar-refractivity contribution is 0.0811. The molecular formula is C16H17N3O2. The molecule has 0 saturated heterocycles. The van der Waals surface area contributed by atoms with E-state index in [1.807, 2.05) is 54.5 Å². The number of benzene rings is 2. The maximum Gasteiger partial charge on any atom is 0.230 e. The molecule has 0 saturated carbocycles. The summed E-state index contributed by atoms with van der Waals surface area (Å²) in [6.07, 6.45) is 1.36. The van der Waals surface area contributed by atoms with Crippen LogP contribution in [-0.2, 0) is 4.74 Å². The van der Waals surface area contributed by atoms with E-state index in [-0.39, 0.29) is 6.79 Å². The maximum atomic E-state index is 5.63. The third-order valence-corrected chi connectivity index (χ3v) is 3.15. The van der Waals surface area contributed by atoms with E-state index in [9.17, 15) is 0 Å². The van der Waals surface area contributed by atoms with Gasteiger partial charge in [0.05, 0.1) is 17.6 Å². The molecule has 5 nitrogen and oxygen atoms in total. The first-order chi connectivity index (χ1) is 10.3. The standard InChI is InChI=1S/C16H17N3O2/c1-3-20-11-21-16-9-8-12(2)10-15(16)19-17-13-6-4-5-7-14(13)18-19/h3-10,17-18H,1,11H2,2H3. The van der Waals surface area contributed by atoms with E-state index in [0.717, 1.165) is 28.4 Å². The van der Waals surface area contributed by atoms with Crippen molar-refractivity contribution < 1.29 is 9.47 Å². The van der Waals surface area contributed by atoms with Gasteiger partial charge in [0.1, 0.15) is 5.69 Å². The van der Waals surface area contributed by atoms with Crippen LogP contribution >= 0.6 is 0 Å². The highest BCUT2D eigenvalue weighted by molar-refractivity contribution is 5.80. The van der Waals surface area contributed by atoms with Gasteiger partial charge in [0.2, 0.25) is 6.79 Å². The van der Waals surface area contributed by atoms with Crippen LogP contribution in [0.4, 0.5) is 17.1 Å². The summed E-state index contributed by atoms with van der Waals surface area (Å²) in [5, 5.41) is 1.83. The van der Waals surface area contributed by atoms with Crippen molar-refractivity contribution >= 4 is 17.1 Å². The Bertz CT molecular complexity index is 633.